The van der Waals surface area contributed by atoms with Crippen LogP contribution in [0.4, 0.5) is 14.9 Å². The van der Waals surface area contributed by atoms with Gasteiger partial charge in [-0.3, -0.25) is 19.3 Å². The average molecular weight is 653 g/mol. The van der Waals surface area contributed by atoms with E-state index in [0.717, 1.165) is 12.1 Å². The third-order valence-corrected chi connectivity index (χ3v) is 9.62. The minimum atomic E-state index is -2.84. The van der Waals surface area contributed by atoms with Crippen LogP contribution in [-0.2, 0) is 27.3 Å². The van der Waals surface area contributed by atoms with E-state index in [-0.39, 0.29) is 41.8 Å². The lowest BCUT2D eigenvalue weighted by Crippen LogP contribution is -2.72. The van der Waals surface area contributed by atoms with E-state index in [1.807, 2.05) is 0 Å². The molecule has 0 heterocycles. The molecule has 1 fully saturated rings. The zero-order chi connectivity index (χ0) is 35.0. The van der Waals surface area contributed by atoms with Crippen LogP contribution in [0.5, 0.6) is 11.5 Å². The number of carbonyl (C=O) groups is 4. The second-order valence-corrected chi connectivity index (χ2v) is 13.3. The number of Topliss-reactive ketones (excluding diaryl/α,β-unsaturated/α-hetero) is 2. The van der Waals surface area contributed by atoms with E-state index in [2.05, 4.69) is 5.32 Å². The monoisotopic (exact) mass is 652 g/mol. The summed E-state index contributed by atoms with van der Waals surface area (Å²) in [4.78, 5) is 56.1. The standard InChI is InChI=1S/C33H37FN4O9/c1-31-12-18-19(37(3)4)11-15(13-36-30(45)47-17-9-7-16(34)8-10-17)23(39)20(18)24(40)22(31)28(43)33(46)27(42)21(29(35)44)25(41)26(38(5)6)32(33,2)14-31/h7-11,26,39-40,42,46H,12-14H2,1-6H3,(H2,35,44)(H,36,45)/t26-,31+,32+,33-/m1/s1. The molecule has 0 saturated heterocycles. The lowest BCUT2D eigenvalue weighted by atomic mass is 9.46. The fraction of sp³-hybridized carbons (Fsp3) is 0.394. The number of nitrogens with one attached hydrogen (secondary N) is 1. The van der Waals surface area contributed by atoms with E-state index in [1.54, 1.807) is 32.0 Å². The van der Waals surface area contributed by atoms with Gasteiger partial charge in [0.05, 0.1) is 11.6 Å². The number of primary amides is 1. The van der Waals surface area contributed by atoms with Crippen LogP contribution >= 0.6 is 0 Å². The van der Waals surface area contributed by atoms with E-state index in [1.165, 1.54) is 38.1 Å². The molecule has 4 atom stereocenters. The highest BCUT2D eigenvalue weighted by molar-refractivity contribution is 6.25. The van der Waals surface area contributed by atoms with Crippen LogP contribution in [0, 0.1) is 16.6 Å². The number of anilines is 1. The Labute approximate surface area is 269 Å². The molecule has 47 heavy (non-hydrogen) atoms. The summed E-state index contributed by atoms with van der Waals surface area (Å²) < 4.78 is 18.4. The number of halogens is 1. The Bertz CT molecular complexity index is 1800. The van der Waals surface area contributed by atoms with Crippen LogP contribution in [-0.4, -0.2) is 88.7 Å². The van der Waals surface area contributed by atoms with Crippen LogP contribution < -0.4 is 20.7 Å². The molecule has 0 aromatic heterocycles. The molecule has 1 saturated carbocycles. The first kappa shape index (κ1) is 33.4. The summed E-state index contributed by atoms with van der Waals surface area (Å²) >= 11 is 0. The smallest absolute Gasteiger partial charge is 0.412 e. The van der Waals surface area contributed by atoms with Crippen LogP contribution in [0.3, 0.4) is 0 Å². The van der Waals surface area contributed by atoms with Crippen molar-refractivity contribution in [2.24, 2.45) is 16.6 Å². The molecule has 0 spiro atoms. The first-order valence-corrected chi connectivity index (χ1v) is 14.7. The number of amides is 2. The molecule has 5 rings (SSSR count). The first-order chi connectivity index (χ1) is 21.8. The molecule has 0 aliphatic heterocycles. The molecule has 250 valence electrons. The number of phenols is 1. The quantitative estimate of drug-likeness (QED) is 0.250. The molecular weight excluding hydrogens is 615 g/mol. The van der Waals surface area contributed by atoms with Crippen molar-refractivity contribution in [3.8, 4) is 11.5 Å². The maximum Gasteiger partial charge on any atom is 0.412 e. The predicted octanol–water partition coefficient (Wildman–Crippen LogP) is 2.24. The lowest BCUT2D eigenvalue weighted by molar-refractivity contribution is -0.176. The largest absolute Gasteiger partial charge is 0.508 e. The van der Waals surface area contributed by atoms with Gasteiger partial charge in [-0.2, -0.15) is 0 Å². The molecule has 14 heteroatoms. The maximum absolute atomic E-state index is 14.5. The Kier molecular flexibility index (Phi) is 7.89. The topological polar surface area (TPSA) is 203 Å². The van der Waals surface area contributed by atoms with Gasteiger partial charge in [0.25, 0.3) is 5.91 Å². The van der Waals surface area contributed by atoms with Gasteiger partial charge in [-0.15, -0.1) is 0 Å². The normalized spacial score (nSPS) is 26.9. The Hall–Kier alpha value is -4.95. The van der Waals surface area contributed by atoms with E-state index in [9.17, 15) is 44.0 Å². The number of benzene rings is 2. The van der Waals surface area contributed by atoms with Gasteiger partial charge in [0, 0.05) is 48.3 Å². The highest BCUT2D eigenvalue weighted by Crippen LogP contribution is 2.63. The van der Waals surface area contributed by atoms with Crippen LogP contribution in [0.25, 0.3) is 5.76 Å². The number of hydrogen-bond donors (Lipinski definition) is 6. The highest BCUT2D eigenvalue weighted by atomic mass is 19.1. The second-order valence-electron chi connectivity index (χ2n) is 13.3. The van der Waals surface area contributed by atoms with Gasteiger partial charge in [-0.25, -0.2) is 9.18 Å². The van der Waals surface area contributed by atoms with Gasteiger partial charge in [0.2, 0.25) is 5.78 Å². The highest BCUT2D eigenvalue weighted by Gasteiger charge is 2.72. The summed E-state index contributed by atoms with van der Waals surface area (Å²) in [7, 11) is 6.53. The van der Waals surface area contributed by atoms with Crippen molar-refractivity contribution in [3.05, 3.63) is 69.7 Å². The fourth-order valence-electron chi connectivity index (χ4n) is 7.77. The van der Waals surface area contributed by atoms with Crippen LogP contribution in [0.15, 0.2) is 47.2 Å². The molecule has 0 bridgehead atoms. The molecule has 3 aliphatic carbocycles. The summed E-state index contributed by atoms with van der Waals surface area (Å²) in [6, 6.07) is 5.11. The minimum absolute atomic E-state index is 0.0576. The third kappa shape index (κ3) is 4.81. The number of fused-ring (bicyclic) bond motifs is 3. The van der Waals surface area contributed by atoms with E-state index < -0.39 is 74.7 Å². The number of phenolic OH excluding ortho intramolecular Hbond substituents is 1. The summed E-state index contributed by atoms with van der Waals surface area (Å²) in [5, 5.41) is 49.2. The van der Waals surface area contributed by atoms with E-state index in [0.29, 0.717) is 11.3 Å². The number of aliphatic hydroxyl groups is 3. The molecule has 3 aliphatic rings. The Balaban J connectivity index is 1.64. The number of ketones is 2. The molecule has 2 aromatic carbocycles. The third-order valence-electron chi connectivity index (χ3n) is 9.62. The SMILES string of the molecule is CN(C)c1cc(CNC(=O)Oc2ccc(F)cc2)c(O)c2c1C[C@@]1(C)C[C@@]3(C)[C@H](N(C)C)C(=O)C(C(N)=O)=C(O)[C@@]3(O)C(=O)C1=C2O. The molecule has 2 amide bonds. The molecule has 0 unspecified atom stereocenters. The number of aliphatic hydroxyl groups excluding tert-OH is 2. The molecule has 2 aromatic rings. The number of likely N-dealkylation sites (N-methyl/N-ethyl adjacent to an activating group) is 1. The number of ether oxygens (including phenoxy) is 1. The van der Waals surface area contributed by atoms with Gasteiger partial charge < -0.3 is 41.1 Å². The average Bonchev–Trinajstić information content (AvgIpc) is 2.95. The van der Waals surface area contributed by atoms with E-state index in [4.69, 9.17) is 10.5 Å². The van der Waals surface area contributed by atoms with Crippen LogP contribution in [0.2, 0.25) is 0 Å². The number of hydrogen-bond acceptors (Lipinski definition) is 11. The van der Waals surface area contributed by atoms with Crippen LogP contribution in [0.1, 0.15) is 37.0 Å². The first-order valence-electron chi connectivity index (χ1n) is 14.7. The van der Waals surface area contributed by atoms with Crippen molar-refractivity contribution in [3.63, 3.8) is 0 Å². The minimum Gasteiger partial charge on any atom is -0.508 e. The van der Waals surface area contributed by atoms with Crippen molar-refractivity contribution >= 4 is 35.0 Å². The zero-order valence-corrected chi connectivity index (χ0v) is 26.8. The number of nitrogens with two attached hydrogens (primary N) is 1. The number of aromatic hydroxyl groups is 1. The Morgan fingerprint density at radius 2 is 1.70 bits per heavy atom. The van der Waals surface area contributed by atoms with E-state index >= 15 is 0 Å². The fourth-order valence-corrected chi connectivity index (χ4v) is 7.77. The van der Waals surface area contributed by atoms with Crippen molar-refractivity contribution in [1.82, 2.24) is 10.2 Å². The number of rotatable bonds is 6. The van der Waals surface area contributed by atoms with Gasteiger partial charge in [-0.1, -0.05) is 13.8 Å². The molecule has 0 radical (unpaired) electrons. The van der Waals surface area contributed by atoms with Gasteiger partial charge in [-0.05, 0) is 62.8 Å². The second kappa shape index (κ2) is 11.1. The zero-order valence-electron chi connectivity index (χ0n) is 26.8. The molecular formula is C33H37FN4O9. The molecule has 7 N–H and O–H groups in total. The van der Waals surface area contributed by atoms with Crippen molar-refractivity contribution in [2.75, 3.05) is 33.1 Å². The summed E-state index contributed by atoms with van der Waals surface area (Å²) in [6.45, 7) is 2.87. The van der Waals surface area contributed by atoms with Gasteiger partial charge in [0.1, 0.15) is 34.4 Å². The van der Waals surface area contributed by atoms with Crippen molar-refractivity contribution in [2.45, 2.75) is 44.9 Å². The Morgan fingerprint density at radius 3 is 2.26 bits per heavy atom. The summed E-state index contributed by atoms with van der Waals surface area (Å²) in [5.74, 6) is -6.08. The predicted molar refractivity (Wildman–Crippen MR) is 167 cm³/mol. The lowest BCUT2D eigenvalue weighted by Gasteiger charge is -2.59. The molecule has 13 nitrogen and oxygen atoms in total. The number of nitrogens with zero attached hydrogens (tertiary/aromatic N) is 2. The number of carbonyl (C=O) groups excluding carboxylic acids is 4. The van der Waals surface area contributed by atoms with Gasteiger partial charge >= 0.3 is 6.09 Å². The Morgan fingerprint density at radius 1 is 1.09 bits per heavy atom. The van der Waals surface area contributed by atoms with Gasteiger partial charge in [0.15, 0.2) is 11.4 Å². The summed E-state index contributed by atoms with van der Waals surface area (Å²) in [5.41, 5.74) is -0.544. The summed E-state index contributed by atoms with van der Waals surface area (Å²) in [6.07, 6.45) is -0.964. The van der Waals surface area contributed by atoms with Crippen molar-refractivity contribution < 1.29 is 48.7 Å². The van der Waals surface area contributed by atoms with Crippen molar-refractivity contribution in [1.29, 1.82) is 0 Å². The maximum atomic E-state index is 14.5.